The number of benzene rings is 2. The molecule has 5 heteroatoms. The van der Waals surface area contributed by atoms with E-state index in [0.29, 0.717) is 0 Å². The third kappa shape index (κ3) is 5.36. The normalized spacial score (nSPS) is 14.2. The number of aryl methyl sites for hydroxylation is 2. The first-order valence-electron chi connectivity index (χ1n) is 15.3. The SMILES string of the molecule is Cc1cccc(-c2ccc(C3=C(c4ccccc4)C(c4ccccc4)=C(c4ccc(-c5cccc(C)n5)nc4)[Si]3(C)C)cn2)n1. The minimum atomic E-state index is -2.34. The van der Waals surface area contributed by atoms with Gasteiger partial charge in [0.2, 0.25) is 0 Å². The average molecular weight is 599 g/mol. The van der Waals surface area contributed by atoms with Gasteiger partial charge in [0.1, 0.15) is 8.07 Å². The van der Waals surface area contributed by atoms with Gasteiger partial charge in [-0.2, -0.15) is 0 Å². The summed E-state index contributed by atoms with van der Waals surface area (Å²) < 4.78 is 0. The zero-order chi connectivity index (χ0) is 31.0. The number of nitrogens with zero attached hydrogens (tertiary/aromatic N) is 4. The smallest absolute Gasteiger partial charge is 0.115 e. The lowest BCUT2D eigenvalue weighted by atomic mass is 9.89. The molecule has 4 nitrogen and oxygen atoms in total. The fourth-order valence-electron chi connectivity index (χ4n) is 6.56. The Bertz CT molecular complexity index is 1910. The molecule has 0 spiro atoms. The van der Waals surface area contributed by atoms with E-state index in [9.17, 15) is 0 Å². The van der Waals surface area contributed by atoms with Crippen molar-refractivity contribution >= 4 is 29.6 Å². The highest BCUT2D eigenvalue weighted by molar-refractivity contribution is 7.13. The predicted octanol–water partition coefficient (Wildman–Crippen LogP) is 9.54. The van der Waals surface area contributed by atoms with Crippen molar-refractivity contribution in [2.24, 2.45) is 0 Å². The van der Waals surface area contributed by atoms with Gasteiger partial charge in [-0.05, 0) is 94.0 Å². The lowest BCUT2D eigenvalue weighted by Gasteiger charge is -2.26. The highest BCUT2D eigenvalue weighted by Crippen LogP contribution is 2.55. The van der Waals surface area contributed by atoms with Crippen LogP contribution in [-0.2, 0) is 0 Å². The predicted molar refractivity (Wildman–Crippen MR) is 188 cm³/mol. The molecule has 0 fully saturated rings. The van der Waals surface area contributed by atoms with Crippen LogP contribution in [0.25, 0.3) is 44.3 Å². The monoisotopic (exact) mass is 598 g/mol. The molecule has 7 rings (SSSR count). The summed E-state index contributed by atoms with van der Waals surface area (Å²) in [5.74, 6) is 0. The molecule has 0 unspecified atom stereocenters. The maximum atomic E-state index is 4.96. The Hall–Kier alpha value is -5.26. The molecule has 0 saturated heterocycles. The van der Waals surface area contributed by atoms with E-state index < -0.39 is 8.07 Å². The zero-order valence-corrected chi connectivity index (χ0v) is 27.0. The van der Waals surface area contributed by atoms with Crippen molar-refractivity contribution in [3.8, 4) is 22.8 Å². The van der Waals surface area contributed by atoms with Crippen molar-refractivity contribution in [2.75, 3.05) is 0 Å². The number of pyridine rings is 4. The molecule has 0 N–H and O–H groups in total. The Labute approximate surface area is 266 Å². The Morgan fingerprint density at radius 2 is 0.822 bits per heavy atom. The molecule has 0 saturated carbocycles. The molecular weight excluding hydrogens is 565 g/mol. The Kier molecular flexibility index (Phi) is 7.40. The summed E-state index contributed by atoms with van der Waals surface area (Å²) >= 11 is 0. The Morgan fingerprint density at radius 3 is 1.18 bits per heavy atom. The maximum absolute atomic E-state index is 4.96. The molecule has 0 atom stereocenters. The van der Waals surface area contributed by atoms with Crippen LogP contribution in [0.15, 0.2) is 134 Å². The average Bonchev–Trinajstić information content (AvgIpc) is 3.32. The van der Waals surface area contributed by atoms with Crippen LogP contribution in [0.2, 0.25) is 13.1 Å². The van der Waals surface area contributed by atoms with Crippen molar-refractivity contribution in [1.82, 2.24) is 19.9 Å². The topological polar surface area (TPSA) is 51.6 Å². The van der Waals surface area contributed by atoms with Crippen LogP contribution in [-0.4, -0.2) is 28.0 Å². The van der Waals surface area contributed by atoms with Gasteiger partial charge in [-0.15, -0.1) is 0 Å². The van der Waals surface area contributed by atoms with E-state index in [0.717, 1.165) is 45.3 Å². The van der Waals surface area contributed by atoms with Crippen molar-refractivity contribution in [3.05, 3.63) is 167 Å². The van der Waals surface area contributed by atoms with Crippen molar-refractivity contribution < 1.29 is 0 Å². The first kappa shape index (κ1) is 28.5. The zero-order valence-electron chi connectivity index (χ0n) is 26.0. The van der Waals surface area contributed by atoms with Crippen molar-refractivity contribution in [1.29, 1.82) is 0 Å². The maximum Gasteiger partial charge on any atom is 0.115 e. The minimum absolute atomic E-state index is 0.878. The van der Waals surface area contributed by atoms with Crippen LogP contribution in [0, 0.1) is 13.8 Å². The number of hydrogen-bond donors (Lipinski definition) is 0. The summed E-state index contributed by atoms with van der Waals surface area (Å²) in [6.07, 6.45) is 4.09. The summed E-state index contributed by atoms with van der Waals surface area (Å²) in [7, 11) is -2.34. The molecule has 0 radical (unpaired) electrons. The fourth-order valence-corrected chi connectivity index (χ4v) is 10.3. The number of rotatable bonds is 6. The molecule has 6 aromatic rings. The second-order valence-electron chi connectivity index (χ2n) is 12.0. The summed E-state index contributed by atoms with van der Waals surface area (Å²) in [6.45, 7) is 8.95. The van der Waals surface area contributed by atoms with Crippen molar-refractivity contribution in [2.45, 2.75) is 26.9 Å². The number of hydrogen-bond acceptors (Lipinski definition) is 4. The van der Waals surface area contributed by atoms with Crippen LogP contribution in [0.1, 0.15) is 33.6 Å². The molecule has 1 aliphatic heterocycles. The van der Waals surface area contributed by atoms with Crippen LogP contribution >= 0.6 is 0 Å². The van der Waals surface area contributed by atoms with Gasteiger partial charge in [0, 0.05) is 23.8 Å². The molecule has 5 heterocycles. The van der Waals surface area contributed by atoms with Gasteiger partial charge < -0.3 is 0 Å². The lowest BCUT2D eigenvalue weighted by molar-refractivity contribution is 1.17. The molecule has 1 aliphatic rings. The van der Waals surface area contributed by atoms with Crippen LogP contribution in [0.3, 0.4) is 0 Å². The van der Waals surface area contributed by atoms with Gasteiger partial charge in [-0.1, -0.05) is 98.0 Å². The molecule has 4 aromatic heterocycles. The third-order valence-electron chi connectivity index (χ3n) is 8.53. The number of aromatic nitrogens is 4. The van der Waals surface area contributed by atoms with Gasteiger partial charge in [0.05, 0.1) is 22.8 Å². The standard InChI is InChI=1S/C40H34N4Si/c1-27-13-11-19-35(43-27)33-23-21-31(25-41-33)39-37(29-15-7-5-8-16-29)38(30-17-9-6-10-18-30)40(45(39,3)4)32-22-24-34(42-26-32)36-20-12-14-28(2)44-36/h5-26H,1-4H3. The molecule has 2 aromatic carbocycles. The second kappa shape index (κ2) is 11.7. The number of allylic oxidation sites excluding steroid dienone is 2. The van der Waals surface area contributed by atoms with Gasteiger partial charge >= 0.3 is 0 Å². The van der Waals surface area contributed by atoms with E-state index >= 15 is 0 Å². The van der Waals surface area contributed by atoms with Crippen LogP contribution in [0.4, 0.5) is 0 Å². The quantitative estimate of drug-likeness (QED) is 0.179. The van der Waals surface area contributed by atoms with Gasteiger partial charge in [-0.3, -0.25) is 19.9 Å². The van der Waals surface area contributed by atoms with Gasteiger partial charge in [0.15, 0.2) is 0 Å². The molecule has 0 bridgehead atoms. The van der Waals surface area contributed by atoms with E-state index in [2.05, 4.69) is 98.0 Å². The molecule has 0 amide bonds. The summed E-state index contributed by atoms with van der Waals surface area (Å²) in [5, 5.41) is 2.76. The highest BCUT2D eigenvalue weighted by atomic mass is 28.3. The fraction of sp³-hybridized carbons (Fsp3) is 0.100. The van der Waals surface area contributed by atoms with Crippen LogP contribution in [0.5, 0.6) is 0 Å². The van der Waals surface area contributed by atoms with Crippen LogP contribution < -0.4 is 0 Å². The second-order valence-corrected chi connectivity index (χ2v) is 16.3. The Balaban J connectivity index is 1.44. The van der Waals surface area contributed by atoms with E-state index in [1.807, 2.05) is 62.6 Å². The Morgan fingerprint density at radius 1 is 0.400 bits per heavy atom. The molecular formula is C40H34N4Si. The molecule has 218 valence electrons. The lowest BCUT2D eigenvalue weighted by Crippen LogP contribution is -2.28. The summed E-state index contributed by atoms with van der Waals surface area (Å²) in [5.41, 5.74) is 12.8. The highest BCUT2D eigenvalue weighted by Gasteiger charge is 2.44. The molecule has 45 heavy (non-hydrogen) atoms. The first-order chi connectivity index (χ1) is 21.9. The van der Waals surface area contributed by atoms with E-state index in [1.54, 1.807) is 0 Å². The van der Waals surface area contributed by atoms with Gasteiger partial charge in [-0.25, -0.2) is 0 Å². The summed E-state index contributed by atoms with van der Waals surface area (Å²) in [4.78, 5) is 19.4. The third-order valence-corrected chi connectivity index (χ3v) is 12.1. The largest absolute Gasteiger partial charge is 0.254 e. The van der Waals surface area contributed by atoms with Gasteiger partial charge in [0.25, 0.3) is 0 Å². The molecule has 0 aliphatic carbocycles. The summed E-state index contributed by atoms with van der Waals surface area (Å²) in [6, 6.07) is 42.4. The van der Waals surface area contributed by atoms with E-state index in [-0.39, 0.29) is 0 Å². The van der Waals surface area contributed by atoms with E-state index in [4.69, 9.17) is 19.9 Å². The van der Waals surface area contributed by atoms with Crippen molar-refractivity contribution in [3.63, 3.8) is 0 Å². The first-order valence-corrected chi connectivity index (χ1v) is 18.3. The van der Waals surface area contributed by atoms with E-state index in [1.165, 1.54) is 32.7 Å². The minimum Gasteiger partial charge on any atom is -0.254 e.